The molecule has 156 valence electrons. The highest BCUT2D eigenvalue weighted by Crippen LogP contribution is 2.34. The van der Waals surface area contributed by atoms with Gasteiger partial charge in [-0.05, 0) is 69.2 Å². The highest BCUT2D eigenvalue weighted by atomic mass is 79.9. The number of rotatable bonds is 5. The number of benzene rings is 2. The van der Waals surface area contributed by atoms with Gasteiger partial charge in [0, 0.05) is 39.1 Å². The van der Waals surface area contributed by atoms with Crippen molar-refractivity contribution in [1.29, 1.82) is 0 Å². The molecule has 1 aliphatic rings. The Hall–Kier alpha value is -3.12. The average molecular weight is 475 g/mol. The van der Waals surface area contributed by atoms with E-state index in [0.717, 1.165) is 51.3 Å². The SMILES string of the molecule is Cc1cc(-c2cc(NC(=O)C3CC3)n(-c3ccccc3)n2)c(C)n1-c1ccc(Br)cc1. The molecule has 1 amide bonds. The first kappa shape index (κ1) is 19.8. The van der Waals surface area contributed by atoms with Gasteiger partial charge in [-0.25, -0.2) is 4.68 Å². The Bertz CT molecular complexity index is 1250. The van der Waals surface area contributed by atoms with Gasteiger partial charge in [0.25, 0.3) is 0 Å². The summed E-state index contributed by atoms with van der Waals surface area (Å²) in [7, 11) is 0. The van der Waals surface area contributed by atoms with Gasteiger partial charge in [0.15, 0.2) is 0 Å². The van der Waals surface area contributed by atoms with E-state index in [1.54, 1.807) is 0 Å². The fraction of sp³-hybridized carbons (Fsp3) is 0.200. The van der Waals surface area contributed by atoms with E-state index in [-0.39, 0.29) is 11.8 Å². The molecule has 0 saturated heterocycles. The van der Waals surface area contributed by atoms with Gasteiger partial charge >= 0.3 is 0 Å². The van der Waals surface area contributed by atoms with Crippen molar-refractivity contribution in [3.8, 4) is 22.6 Å². The lowest BCUT2D eigenvalue weighted by molar-refractivity contribution is -0.117. The molecule has 2 heterocycles. The van der Waals surface area contributed by atoms with Gasteiger partial charge in [-0.3, -0.25) is 4.79 Å². The molecule has 0 spiro atoms. The molecule has 0 atom stereocenters. The number of carbonyl (C=O) groups is 1. The number of aryl methyl sites for hydroxylation is 1. The second-order valence-electron chi connectivity index (χ2n) is 8.02. The van der Waals surface area contributed by atoms with Gasteiger partial charge in [-0.2, -0.15) is 5.10 Å². The summed E-state index contributed by atoms with van der Waals surface area (Å²) in [6, 6.07) is 22.3. The van der Waals surface area contributed by atoms with Gasteiger partial charge in [0.05, 0.1) is 11.4 Å². The molecule has 0 unspecified atom stereocenters. The minimum atomic E-state index is 0.0731. The van der Waals surface area contributed by atoms with Crippen molar-refractivity contribution in [2.45, 2.75) is 26.7 Å². The molecular formula is C25H23BrN4O. The lowest BCUT2D eigenvalue weighted by atomic mass is 10.2. The molecule has 2 aromatic carbocycles. The summed E-state index contributed by atoms with van der Waals surface area (Å²) in [6.07, 6.45) is 1.93. The molecule has 0 aliphatic heterocycles. The Labute approximate surface area is 189 Å². The molecule has 6 heteroatoms. The van der Waals surface area contributed by atoms with E-state index in [4.69, 9.17) is 5.10 Å². The van der Waals surface area contributed by atoms with Crippen LogP contribution in [0, 0.1) is 19.8 Å². The van der Waals surface area contributed by atoms with E-state index in [1.165, 1.54) is 0 Å². The molecule has 5 rings (SSSR count). The predicted molar refractivity (Wildman–Crippen MR) is 127 cm³/mol. The minimum Gasteiger partial charge on any atom is -0.318 e. The van der Waals surface area contributed by atoms with Crippen LogP contribution >= 0.6 is 15.9 Å². The molecule has 1 saturated carbocycles. The average Bonchev–Trinajstić information content (AvgIpc) is 3.48. The Morgan fingerprint density at radius 1 is 1.00 bits per heavy atom. The smallest absolute Gasteiger partial charge is 0.228 e. The van der Waals surface area contributed by atoms with Crippen molar-refractivity contribution >= 4 is 27.7 Å². The maximum atomic E-state index is 12.5. The van der Waals surface area contributed by atoms with Gasteiger partial charge in [0.1, 0.15) is 5.82 Å². The summed E-state index contributed by atoms with van der Waals surface area (Å²) in [5.74, 6) is 0.903. The second-order valence-corrected chi connectivity index (χ2v) is 8.94. The van der Waals surface area contributed by atoms with Crippen LogP contribution in [0.3, 0.4) is 0 Å². The number of aromatic nitrogens is 3. The van der Waals surface area contributed by atoms with Gasteiger partial charge in [0.2, 0.25) is 5.91 Å². The van der Waals surface area contributed by atoms with Crippen LogP contribution < -0.4 is 5.32 Å². The first-order valence-corrected chi connectivity index (χ1v) is 11.2. The number of amides is 1. The number of hydrogen-bond donors (Lipinski definition) is 1. The van der Waals surface area contributed by atoms with Gasteiger partial charge in [-0.1, -0.05) is 34.1 Å². The fourth-order valence-electron chi connectivity index (χ4n) is 3.95. The number of nitrogens with one attached hydrogen (secondary N) is 1. The van der Waals surface area contributed by atoms with Gasteiger partial charge < -0.3 is 9.88 Å². The molecule has 0 bridgehead atoms. The second kappa shape index (κ2) is 7.85. The van der Waals surface area contributed by atoms with Gasteiger partial charge in [-0.15, -0.1) is 0 Å². The summed E-state index contributed by atoms with van der Waals surface area (Å²) in [4.78, 5) is 12.5. The first-order chi connectivity index (χ1) is 15.0. The van der Waals surface area contributed by atoms with E-state index in [1.807, 2.05) is 53.2 Å². The zero-order valence-corrected chi connectivity index (χ0v) is 19.1. The Balaban J connectivity index is 1.59. The number of para-hydroxylation sites is 1. The summed E-state index contributed by atoms with van der Waals surface area (Å²) in [6.45, 7) is 4.21. The Kier molecular flexibility index (Phi) is 5.02. The third-order valence-corrected chi connectivity index (χ3v) is 6.23. The van der Waals surface area contributed by atoms with Crippen molar-refractivity contribution < 1.29 is 4.79 Å². The number of halogens is 1. The van der Waals surface area contributed by atoms with Crippen LogP contribution in [-0.4, -0.2) is 20.3 Å². The Morgan fingerprint density at radius 2 is 1.71 bits per heavy atom. The monoisotopic (exact) mass is 474 g/mol. The highest BCUT2D eigenvalue weighted by Gasteiger charge is 2.30. The summed E-state index contributed by atoms with van der Waals surface area (Å²) in [5, 5.41) is 7.98. The topological polar surface area (TPSA) is 51.9 Å². The number of carbonyl (C=O) groups excluding carboxylic acids is 1. The molecule has 1 fully saturated rings. The molecule has 1 N–H and O–H groups in total. The molecular weight excluding hydrogens is 452 g/mol. The number of nitrogens with zero attached hydrogens (tertiary/aromatic N) is 3. The molecule has 5 nitrogen and oxygen atoms in total. The van der Waals surface area contributed by atoms with Crippen LogP contribution in [0.25, 0.3) is 22.6 Å². The van der Waals surface area contributed by atoms with Crippen LogP contribution in [0.2, 0.25) is 0 Å². The van der Waals surface area contributed by atoms with Crippen LogP contribution in [0.4, 0.5) is 5.82 Å². The minimum absolute atomic E-state index is 0.0731. The maximum Gasteiger partial charge on any atom is 0.228 e. The zero-order valence-electron chi connectivity index (χ0n) is 17.5. The van der Waals surface area contributed by atoms with E-state index in [2.05, 4.69) is 57.9 Å². The maximum absolute atomic E-state index is 12.5. The van der Waals surface area contributed by atoms with Crippen LogP contribution in [0.15, 0.2) is 71.2 Å². The number of hydrogen-bond acceptors (Lipinski definition) is 2. The lowest BCUT2D eigenvalue weighted by Crippen LogP contribution is -2.16. The van der Waals surface area contributed by atoms with Crippen molar-refractivity contribution in [2.24, 2.45) is 5.92 Å². The van der Waals surface area contributed by atoms with Crippen LogP contribution in [0.5, 0.6) is 0 Å². The summed E-state index contributed by atoms with van der Waals surface area (Å²) < 4.78 is 5.10. The van der Waals surface area contributed by atoms with E-state index in [0.29, 0.717) is 5.82 Å². The van der Waals surface area contributed by atoms with Crippen molar-refractivity contribution in [1.82, 2.24) is 14.3 Å². The lowest BCUT2D eigenvalue weighted by Gasteiger charge is -2.10. The van der Waals surface area contributed by atoms with E-state index in [9.17, 15) is 4.79 Å². The Morgan fingerprint density at radius 3 is 2.39 bits per heavy atom. The first-order valence-electron chi connectivity index (χ1n) is 10.4. The quantitative estimate of drug-likeness (QED) is 0.382. The predicted octanol–water partition coefficient (Wildman–Crippen LogP) is 6.06. The van der Waals surface area contributed by atoms with Crippen LogP contribution in [0.1, 0.15) is 24.2 Å². The normalized spacial score (nSPS) is 13.4. The third kappa shape index (κ3) is 3.83. The van der Waals surface area contributed by atoms with Crippen molar-refractivity contribution in [3.05, 3.63) is 82.6 Å². The molecule has 0 radical (unpaired) electrons. The summed E-state index contributed by atoms with van der Waals surface area (Å²) >= 11 is 3.51. The molecule has 2 aromatic heterocycles. The van der Waals surface area contributed by atoms with E-state index < -0.39 is 0 Å². The highest BCUT2D eigenvalue weighted by molar-refractivity contribution is 9.10. The largest absolute Gasteiger partial charge is 0.318 e. The summed E-state index contributed by atoms with van der Waals surface area (Å²) in [5.41, 5.74) is 6.16. The zero-order chi connectivity index (χ0) is 21.5. The standard InChI is InChI=1S/C25H23BrN4O/c1-16-14-22(17(2)29(16)20-12-10-19(26)11-13-20)23-15-24(27-25(31)18-8-9-18)30(28-23)21-6-4-3-5-7-21/h3-7,10-15,18H,8-9H2,1-2H3,(H,27,31). The third-order valence-electron chi connectivity index (χ3n) is 5.70. The van der Waals surface area contributed by atoms with Crippen molar-refractivity contribution in [2.75, 3.05) is 5.32 Å². The van der Waals surface area contributed by atoms with E-state index >= 15 is 0 Å². The van der Waals surface area contributed by atoms with Crippen LogP contribution in [-0.2, 0) is 4.79 Å². The number of anilines is 1. The molecule has 4 aromatic rings. The molecule has 1 aliphatic carbocycles. The molecule has 31 heavy (non-hydrogen) atoms. The fourth-order valence-corrected chi connectivity index (χ4v) is 4.22. The van der Waals surface area contributed by atoms with Crippen molar-refractivity contribution in [3.63, 3.8) is 0 Å².